The average molecular weight is 414 g/mol. The van der Waals surface area contributed by atoms with E-state index >= 15 is 0 Å². The number of pyridine rings is 1. The number of aromatic nitrogens is 2. The van der Waals surface area contributed by atoms with Crippen LogP contribution < -0.4 is 21.2 Å². The zero-order valence-corrected chi connectivity index (χ0v) is 18.0. The number of ether oxygens (including phenoxy) is 1. The van der Waals surface area contributed by atoms with Gasteiger partial charge in [-0.2, -0.15) is 0 Å². The van der Waals surface area contributed by atoms with Gasteiger partial charge in [-0.05, 0) is 25.5 Å². The molecular weight excluding hydrogens is 391 g/mol. The monoisotopic (exact) mass is 414 g/mol. The molecule has 0 fully saturated rings. The molecule has 0 aliphatic carbocycles. The number of benzene rings is 1. The van der Waals surface area contributed by atoms with Gasteiger partial charge in [0.15, 0.2) is 11.5 Å². The summed E-state index contributed by atoms with van der Waals surface area (Å²) < 4.78 is 5.71. The van der Waals surface area contributed by atoms with E-state index in [1.807, 2.05) is 25.1 Å². The summed E-state index contributed by atoms with van der Waals surface area (Å²) in [7, 11) is 1.37. The fourth-order valence-corrected chi connectivity index (χ4v) is 4.83. The lowest BCUT2D eigenvalue weighted by Crippen LogP contribution is -2.06. The van der Waals surface area contributed by atoms with Gasteiger partial charge in [-0.25, -0.2) is 9.97 Å². The number of carbonyl (C=O) groups is 1. The summed E-state index contributed by atoms with van der Waals surface area (Å²) in [6.45, 7) is 6.19. The highest BCUT2D eigenvalue weighted by atomic mass is 32.1. The van der Waals surface area contributed by atoms with Crippen molar-refractivity contribution in [3.8, 4) is 16.3 Å². The first kappa shape index (κ1) is 20.2. The molecule has 2 aromatic heterocycles. The van der Waals surface area contributed by atoms with Gasteiger partial charge >= 0.3 is 0 Å². The minimum atomic E-state index is -0.259. The highest BCUT2D eigenvalue weighted by molar-refractivity contribution is 7.64. The van der Waals surface area contributed by atoms with E-state index in [0.29, 0.717) is 29.2 Å². The Morgan fingerprint density at radius 2 is 2.11 bits per heavy atom. The highest BCUT2D eigenvalue weighted by Gasteiger charge is 2.17. The van der Waals surface area contributed by atoms with Crippen molar-refractivity contribution in [2.45, 2.75) is 13.3 Å². The average Bonchev–Trinajstić information content (AvgIpc) is 3.18. The van der Waals surface area contributed by atoms with Gasteiger partial charge in [-0.1, -0.05) is 20.9 Å². The summed E-state index contributed by atoms with van der Waals surface area (Å²) in [6.07, 6.45) is 1.90. The van der Waals surface area contributed by atoms with E-state index in [2.05, 4.69) is 29.0 Å². The lowest BCUT2D eigenvalue weighted by atomic mass is 10.1. The second kappa shape index (κ2) is 8.67. The van der Waals surface area contributed by atoms with Gasteiger partial charge < -0.3 is 15.8 Å². The predicted octanol–water partition coefficient (Wildman–Crippen LogP) is 4.50. The van der Waals surface area contributed by atoms with E-state index < -0.39 is 0 Å². The van der Waals surface area contributed by atoms with Gasteiger partial charge in [0, 0.05) is 24.1 Å². The molecule has 0 radical (unpaired) electrons. The van der Waals surface area contributed by atoms with Gasteiger partial charge in [-0.15, -0.1) is 11.3 Å². The molecule has 0 aliphatic rings. The Labute approximate surface area is 169 Å². The summed E-state index contributed by atoms with van der Waals surface area (Å²) in [5, 5.41) is 6.31. The van der Waals surface area contributed by atoms with Crippen molar-refractivity contribution in [1.29, 1.82) is 0 Å². The van der Waals surface area contributed by atoms with Crippen LogP contribution in [0.1, 0.15) is 23.7 Å². The Hall–Kier alpha value is -2.50. The Morgan fingerprint density at radius 3 is 2.75 bits per heavy atom. The number of Topliss-reactive ketones (excluding diaryl/α,β-unsaturated/α-hetero) is 1. The van der Waals surface area contributed by atoms with Crippen LogP contribution in [-0.4, -0.2) is 36.2 Å². The SMILES string of the molecule is CCC(=O)c1cnc(N)cc1Nc1cccc(-c2nc(P(C)C)cs2)c1OC. The molecule has 0 spiro atoms. The number of hydrogen-bond donors (Lipinski definition) is 2. The Morgan fingerprint density at radius 1 is 1.32 bits per heavy atom. The number of nitrogen functional groups attached to an aromatic ring is 1. The van der Waals surface area contributed by atoms with Gasteiger partial charge in [0.05, 0.1) is 35.0 Å². The Bertz CT molecular complexity index is 1000. The maximum atomic E-state index is 12.3. The number of carbonyl (C=O) groups excluding carboxylic acids is 1. The zero-order chi connectivity index (χ0) is 20.3. The Kier molecular flexibility index (Phi) is 6.27. The molecule has 3 aromatic rings. The number of anilines is 3. The number of para-hydroxylation sites is 1. The lowest BCUT2D eigenvalue weighted by molar-refractivity contribution is 0.0988. The quantitative estimate of drug-likeness (QED) is 0.437. The maximum absolute atomic E-state index is 12.3. The van der Waals surface area contributed by atoms with Crippen molar-refractivity contribution in [3.63, 3.8) is 0 Å². The molecule has 0 unspecified atom stereocenters. The van der Waals surface area contributed by atoms with Gasteiger partial charge in [0.1, 0.15) is 10.8 Å². The first-order valence-corrected chi connectivity index (χ1v) is 11.9. The first-order chi connectivity index (χ1) is 13.4. The summed E-state index contributed by atoms with van der Waals surface area (Å²) in [5.74, 6) is 1.01. The number of methoxy groups -OCH3 is 1. The zero-order valence-electron chi connectivity index (χ0n) is 16.3. The summed E-state index contributed by atoms with van der Waals surface area (Å²) >= 11 is 1.60. The molecule has 3 N–H and O–H groups in total. The van der Waals surface area contributed by atoms with Crippen molar-refractivity contribution in [2.75, 3.05) is 31.5 Å². The second-order valence-corrected chi connectivity index (χ2v) is 9.45. The van der Waals surface area contributed by atoms with E-state index in [-0.39, 0.29) is 13.7 Å². The normalized spacial score (nSPS) is 10.9. The molecule has 28 heavy (non-hydrogen) atoms. The van der Waals surface area contributed by atoms with E-state index in [1.165, 1.54) is 6.20 Å². The third kappa shape index (κ3) is 4.16. The largest absolute Gasteiger partial charge is 0.494 e. The molecule has 0 bridgehead atoms. The molecule has 146 valence electrons. The third-order valence-corrected chi connectivity index (χ3v) is 6.41. The van der Waals surface area contributed by atoms with Gasteiger partial charge in [0.25, 0.3) is 0 Å². The summed E-state index contributed by atoms with van der Waals surface area (Å²) in [4.78, 5) is 21.1. The fourth-order valence-electron chi connectivity index (χ4n) is 2.75. The van der Waals surface area contributed by atoms with Crippen LogP contribution in [0, 0.1) is 0 Å². The summed E-state index contributed by atoms with van der Waals surface area (Å²) in [5.41, 5.74) is 9.73. The van der Waals surface area contributed by atoms with E-state index in [0.717, 1.165) is 21.7 Å². The van der Waals surface area contributed by atoms with Crippen molar-refractivity contribution in [2.24, 2.45) is 0 Å². The molecule has 0 atom stereocenters. The van der Waals surface area contributed by atoms with Crippen LogP contribution in [0.25, 0.3) is 10.6 Å². The molecule has 6 nitrogen and oxygen atoms in total. The van der Waals surface area contributed by atoms with Crippen molar-refractivity contribution in [1.82, 2.24) is 9.97 Å². The minimum Gasteiger partial charge on any atom is -0.494 e. The van der Waals surface area contributed by atoms with Gasteiger partial charge in [0.2, 0.25) is 0 Å². The molecule has 0 aliphatic heterocycles. The predicted molar refractivity (Wildman–Crippen MR) is 119 cm³/mol. The number of ketones is 1. The van der Waals surface area contributed by atoms with Crippen LogP contribution in [0.5, 0.6) is 5.75 Å². The number of nitrogens with one attached hydrogen (secondary N) is 1. The van der Waals surface area contributed by atoms with Crippen LogP contribution >= 0.6 is 19.3 Å². The molecule has 0 amide bonds. The molecule has 3 rings (SSSR count). The van der Waals surface area contributed by atoms with Crippen LogP contribution in [0.3, 0.4) is 0 Å². The van der Waals surface area contributed by atoms with Crippen LogP contribution in [0.4, 0.5) is 17.2 Å². The van der Waals surface area contributed by atoms with Crippen LogP contribution in [-0.2, 0) is 0 Å². The molecule has 1 aromatic carbocycles. The van der Waals surface area contributed by atoms with Gasteiger partial charge in [-0.3, -0.25) is 4.79 Å². The molecular formula is C20H23N4O2PS. The topological polar surface area (TPSA) is 90.1 Å². The van der Waals surface area contributed by atoms with Crippen molar-refractivity contribution >= 4 is 47.7 Å². The lowest BCUT2D eigenvalue weighted by Gasteiger charge is -2.16. The van der Waals surface area contributed by atoms with Crippen molar-refractivity contribution in [3.05, 3.63) is 41.4 Å². The first-order valence-electron chi connectivity index (χ1n) is 8.80. The van der Waals surface area contributed by atoms with Crippen molar-refractivity contribution < 1.29 is 9.53 Å². The smallest absolute Gasteiger partial charge is 0.166 e. The highest BCUT2D eigenvalue weighted by Crippen LogP contribution is 2.40. The standard InChI is InChI=1S/C20H23N4O2PS/c1-5-16(25)13-10-22-17(21)9-15(13)23-14-8-6-7-12(19(14)26-2)20-24-18(11-28-20)27(3)4/h6-11H,5H2,1-4H3,(H3,21,22,23). The molecule has 2 heterocycles. The summed E-state index contributed by atoms with van der Waals surface area (Å²) in [6, 6.07) is 7.49. The van der Waals surface area contributed by atoms with Crippen LogP contribution in [0.2, 0.25) is 0 Å². The van der Waals surface area contributed by atoms with E-state index in [4.69, 9.17) is 15.5 Å². The fraction of sp³-hybridized carbons (Fsp3) is 0.250. The number of rotatable bonds is 7. The maximum Gasteiger partial charge on any atom is 0.166 e. The third-order valence-electron chi connectivity index (χ3n) is 4.22. The number of thiazole rings is 1. The minimum absolute atomic E-state index is 0.00562. The number of hydrogen-bond acceptors (Lipinski definition) is 7. The molecule has 0 saturated heterocycles. The molecule has 0 saturated carbocycles. The van der Waals surface area contributed by atoms with Crippen LogP contribution in [0.15, 0.2) is 35.8 Å². The number of nitrogens with zero attached hydrogens (tertiary/aromatic N) is 2. The van der Waals surface area contributed by atoms with E-state index in [9.17, 15) is 4.79 Å². The number of nitrogens with two attached hydrogens (primary N) is 1. The molecule has 8 heteroatoms. The Balaban J connectivity index is 2.04. The second-order valence-electron chi connectivity index (χ2n) is 6.35. The van der Waals surface area contributed by atoms with E-state index in [1.54, 1.807) is 24.5 Å².